The van der Waals surface area contributed by atoms with E-state index in [1.54, 1.807) is 6.07 Å². The van der Waals surface area contributed by atoms with Crippen LogP contribution in [0, 0.1) is 13.8 Å². The van der Waals surface area contributed by atoms with Crippen LogP contribution >= 0.6 is 11.9 Å². The third-order valence-electron chi connectivity index (χ3n) is 5.05. The molecule has 0 amide bonds. The van der Waals surface area contributed by atoms with Gasteiger partial charge in [-0.1, -0.05) is 6.08 Å². The topological polar surface area (TPSA) is 21.3 Å². The average Bonchev–Trinajstić information content (AvgIpc) is 3.14. The van der Waals surface area contributed by atoms with E-state index >= 15 is 0 Å². The molecule has 7 heteroatoms. The van der Waals surface area contributed by atoms with Crippen molar-refractivity contribution >= 4 is 28.4 Å². The number of hydrogen-bond donors (Lipinski definition) is 0. The molecule has 2 aromatic heterocycles. The molecule has 148 valence electrons. The van der Waals surface area contributed by atoms with Gasteiger partial charge in [-0.3, -0.25) is 3.97 Å². The van der Waals surface area contributed by atoms with Crippen molar-refractivity contribution in [1.82, 2.24) is 8.87 Å². The minimum atomic E-state index is -4.36. The molecule has 0 radical (unpaired) electrons. The molecule has 0 saturated heterocycles. The number of halogens is 3. The fourth-order valence-electron chi connectivity index (χ4n) is 3.53. The number of furan rings is 1. The van der Waals surface area contributed by atoms with Crippen LogP contribution in [0.25, 0.3) is 16.5 Å². The van der Waals surface area contributed by atoms with Crippen LogP contribution in [0.2, 0.25) is 0 Å². The predicted octanol–water partition coefficient (Wildman–Crippen LogP) is 6.14. The molecule has 0 saturated carbocycles. The Morgan fingerprint density at radius 3 is 2.54 bits per heavy atom. The van der Waals surface area contributed by atoms with Crippen molar-refractivity contribution in [1.29, 1.82) is 0 Å². The molecule has 0 N–H and O–H groups in total. The molecule has 0 spiro atoms. The summed E-state index contributed by atoms with van der Waals surface area (Å²) in [5, 5.41) is 0.635. The lowest BCUT2D eigenvalue weighted by Gasteiger charge is -2.21. The largest absolute Gasteiger partial charge is 0.465 e. The maximum absolute atomic E-state index is 13.3. The Morgan fingerprint density at radius 1 is 1.14 bits per heavy atom. The fourth-order valence-corrected chi connectivity index (χ4v) is 4.54. The zero-order valence-electron chi connectivity index (χ0n) is 15.9. The first-order valence-electron chi connectivity index (χ1n) is 9.08. The highest BCUT2D eigenvalue weighted by molar-refractivity contribution is 7.98. The maximum Gasteiger partial charge on any atom is 0.416 e. The van der Waals surface area contributed by atoms with Gasteiger partial charge in [-0.05, 0) is 69.1 Å². The highest BCUT2D eigenvalue weighted by Gasteiger charge is 2.31. The number of hydrogen-bond acceptors (Lipinski definition) is 3. The number of nitrogens with zero attached hydrogens (tertiary/aromatic N) is 2. The highest BCUT2D eigenvalue weighted by Crippen LogP contribution is 2.39. The summed E-state index contributed by atoms with van der Waals surface area (Å²) in [5.41, 5.74) is 2.13. The number of alkyl halides is 3. The van der Waals surface area contributed by atoms with Crippen LogP contribution in [0.1, 0.15) is 29.1 Å². The molecule has 0 unspecified atom stereocenters. The van der Waals surface area contributed by atoms with Gasteiger partial charge in [0.2, 0.25) is 0 Å². The van der Waals surface area contributed by atoms with Gasteiger partial charge in [0.15, 0.2) is 0 Å². The van der Waals surface area contributed by atoms with Crippen LogP contribution in [0.4, 0.5) is 13.2 Å². The number of rotatable bonds is 3. The molecule has 3 aromatic rings. The molecule has 0 fully saturated rings. The number of aryl methyl sites for hydroxylation is 2. The van der Waals surface area contributed by atoms with E-state index in [9.17, 15) is 13.2 Å². The fraction of sp³-hybridized carbons (Fsp3) is 0.333. The molecule has 0 aliphatic carbocycles. The summed E-state index contributed by atoms with van der Waals surface area (Å²) >= 11 is 1.47. The zero-order chi connectivity index (χ0) is 20.1. The van der Waals surface area contributed by atoms with E-state index in [0.717, 1.165) is 58.6 Å². The number of benzene rings is 1. The summed E-state index contributed by atoms with van der Waals surface area (Å²) in [6.07, 6.45) is 0.524. The third-order valence-corrected chi connectivity index (χ3v) is 6.15. The molecule has 0 bridgehead atoms. The van der Waals surface area contributed by atoms with E-state index in [2.05, 4.69) is 11.0 Å². The second-order valence-electron chi connectivity index (χ2n) is 7.21. The second-order valence-corrected chi connectivity index (χ2v) is 8.22. The summed E-state index contributed by atoms with van der Waals surface area (Å²) < 4.78 is 47.5. The van der Waals surface area contributed by atoms with Gasteiger partial charge in [0.05, 0.1) is 16.0 Å². The number of aromatic nitrogens is 1. The van der Waals surface area contributed by atoms with Crippen molar-refractivity contribution in [3.63, 3.8) is 0 Å². The van der Waals surface area contributed by atoms with E-state index in [0.29, 0.717) is 5.39 Å². The van der Waals surface area contributed by atoms with Crippen molar-refractivity contribution in [3.05, 3.63) is 59.2 Å². The van der Waals surface area contributed by atoms with Gasteiger partial charge in [0, 0.05) is 30.2 Å². The number of likely N-dealkylation sites (N-methyl/N-ethyl adjacent to an activating group) is 1. The second kappa shape index (κ2) is 7.04. The van der Waals surface area contributed by atoms with Gasteiger partial charge in [-0.15, -0.1) is 0 Å². The molecule has 1 aromatic carbocycles. The van der Waals surface area contributed by atoms with Crippen LogP contribution < -0.4 is 0 Å². The van der Waals surface area contributed by atoms with Crippen LogP contribution in [0.3, 0.4) is 0 Å². The van der Waals surface area contributed by atoms with Crippen molar-refractivity contribution < 1.29 is 17.6 Å². The van der Waals surface area contributed by atoms with Crippen molar-refractivity contribution in [3.8, 4) is 0 Å². The molecule has 0 atom stereocenters. The number of fused-ring (bicyclic) bond motifs is 1. The van der Waals surface area contributed by atoms with Gasteiger partial charge in [-0.25, -0.2) is 0 Å². The third kappa shape index (κ3) is 3.61. The van der Waals surface area contributed by atoms with Crippen molar-refractivity contribution in [2.24, 2.45) is 0 Å². The standard InChI is InChI=1S/C21H21F3N2OS/c1-13-10-20(14(2)27-13)28-26-12-18(15-6-8-25(3)9-7-15)17-11-16(21(22,23)24)4-5-19(17)26/h4-6,10-12H,7-9H2,1-3H3. The van der Waals surface area contributed by atoms with E-state index < -0.39 is 11.7 Å². The summed E-state index contributed by atoms with van der Waals surface area (Å²) in [6.45, 7) is 5.47. The van der Waals surface area contributed by atoms with Gasteiger partial charge in [-0.2, -0.15) is 13.2 Å². The van der Waals surface area contributed by atoms with Gasteiger partial charge < -0.3 is 9.32 Å². The lowest BCUT2D eigenvalue weighted by atomic mass is 9.98. The molecule has 4 rings (SSSR count). The van der Waals surface area contributed by atoms with Crippen molar-refractivity contribution in [2.75, 3.05) is 20.1 Å². The van der Waals surface area contributed by atoms with Crippen LogP contribution in [0.15, 0.2) is 45.9 Å². The molecule has 1 aliphatic rings. The Morgan fingerprint density at radius 2 is 1.93 bits per heavy atom. The molecule has 3 heterocycles. The minimum absolute atomic E-state index is 0.618. The smallest absolute Gasteiger partial charge is 0.416 e. The van der Waals surface area contributed by atoms with E-state index in [-0.39, 0.29) is 0 Å². The Labute approximate surface area is 165 Å². The Balaban J connectivity index is 1.85. The van der Waals surface area contributed by atoms with Crippen LogP contribution in [0.5, 0.6) is 0 Å². The first-order chi connectivity index (χ1) is 13.2. The molecular formula is C21H21F3N2OS. The van der Waals surface area contributed by atoms with Gasteiger partial charge >= 0.3 is 6.18 Å². The minimum Gasteiger partial charge on any atom is -0.465 e. The lowest BCUT2D eigenvalue weighted by Crippen LogP contribution is -2.23. The Hall–Kier alpha value is -2.12. The first-order valence-corrected chi connectivity index (χ1v) is 9.85. The van der Waals surface area contributed by atoms with E-state index in [1.807, 2.05) is 37.1 Å². The lowest BCUT2D eigenvalue weighted by molar-refractivity contribution is -0.137. The first kappa shape index (κ1) is 19.2. The van der Waals surface area contributed by atoms with E-state index in [1.165, 1.54) is 18.0 Å². The summed E-state index contributed by atoms with van der Waals surface area (Å²) in [7, 11) is 2.04. The van der Waals surface area contributed by atoms with Crippen LogP contribution in [-0.4, -0.2) is 29.0 Å². The van der Waals surface area contributed by atoms with Gasteiger partial charge in [0.25, 0.3) is 0 Å². The Kier molecular flexibility index (Phi) is 4.83. The Bertz CT molecular complexity index is 1060. The molecule has 3 nitrogen and oxygen atoms in total. The molecular weight excluding hydrogens is 385 g/mol. The summed E-state index contributed by atoms with van der Waals surface area (Å²) in [4.78, 5) is 3.15. The zero-order valence-corrected chi connectivity index (χ0v) is 16.7. The highest BCUT2D eigenvalue weighted by atomic mass is 32.2. The van der Waals surface area contributed by atoms with Crippen molar-refractivity contribution in [2.45, 2.75) is 31.3 Å². The van der Waals surface area contributed by atoms with Gasteiger partial charge in [0.1, 0.15) is 11.5 Å². The maximum atomic E-state index is 13.3. The molecule has 1 aliphatic heterocycles. The SMILES string of the molecule is Cc1cc(Sn2cc(C3=CCN(C)CC3)c3cc(C(F)(F)F)ccc32)c(C)o1. The quantitative estimate of drug-likeness (QED) is 0.521. The summed E-state index contributed by atoms with van der Waals surface area (Å²) in [6, 6.07) is 5.94. The molecule has 28 heavy (non-hydrogen) atoms. The normalized spacial score (nSPS) is 16.0. The monoisotopic (exact) mass is 406 g/mol. The predicted molar refractivity (Wildman–Crippen MR) is 106 cm³/mol. The van der Waals surface area contributed by atoms with Crippen LogP contribution in [-0.2, 0) is 6.18 Å². The average molecular weight is 406 g/mol. The van der Waals surface area contributed by atoms with E-state index in [4.69, 9.17) is 4.42 Å². The summed E-state index contributed by atoms with van der Waals surface area (Å²) in [5.74, 6) is 1.62.